The number of aliphatic hydroxyl groups excluding tert-OH is 3. The summed E-state index contributed by atoms with van der Waals surface area (Å²) in [5.74, 6) is 0. The van der Waals surface area contributed by atoms with Gasteiger partial charge in [-0.05, 0) is 25.7 Å². The molecule has 0 aliphatic carbocycles. The molecule has 148 valence electrons. The summed E-state index contributed by atoms with van der Waals surface area (Å²) in [4.78, 5) is 0. The van der Waals surface area contributed by atoms with Crippen molar-refractivity contribution in [3.63, 3.8) is 0 Å². The molecule has 5 heteroatoms. The van der Waals surface area contributed by atoms with Gasteiger partial charge in [0.05, 0.1) is 13.2 Å². The van der Waals surface area contributed by atoms with E-state index in [-0.39, 0.29) is 13.2 Å². The van der Waals surface area contributed by atoms with Crippen molar-refractivity contribution in [2.24, 2.45) is 0 Å². The van der Waals surface area contributed by atoms with Gasteiger partial charge in [0.2, 0.25) is 0 Å². The minimum atomic E-state index is -0.977. The normalized spacial score (nSPS) is 25.0. The number of aliphatic hydroxyl groups is 3. The number of hydrogen-bond acceptors (Lipinski definition) is 5. The fourth-order valence-corrected chi connectivity index (χ4v) is 3.15. The molecule has 1 aliphatic heterocycles. The van der Waals surface area contributed by atoms with E-state index in [0.29, 0.717) is 6.61 Å². The topological polar surface area (TPSA) is 79.2 Å². The molecule has 5 nitrogen and oxygen atoms in total. The Bertz CT molecular complexity index is 334. The van der Waals surface area contributed by atoms with E-state index in [1.54, 1.807) is 0 Å². The highest BCUT2D eigenvalue weighted by atomic mass is 16.6. The molecule has 0 amide bonds. The zero-order valence-corrected chi connectivity index (χ0v) is 15.8. The second kappa shape index (κ2) is 14.7. The van der Waals surface area contributed by atoms with E-state index in [1.165, 1.54) is 44.9 Å². The van der Waals surface area contributed by atoms with Crippen LogP contribution in [0.4, 0.5) is 0 Å². The first kappa shape index (κ1) is 22.6. The molecule has 0 spiro atoms. The first-order valence-electron chi connectivity index (χ1n) is 10.1. The number of unbranched alkanes of at least 4 members (excludes halogenated alkanes) is 8. The van der Waals surface area contributed by atoms with Crippen LogP contribution >= 0.6 is 0 Å². The fourth-order valence-electron chi connectivity index (χ4n) is 3.15. The van der Waals surface area contributed by atoms with Crippen LogP contribution in [0.3, 0.4) is 0 Å². The Labute approximate surface area is 153 Å². The predicted molar refractivity (Wildman–Crippen MR) is 99.6 cm³/mol. The quantitative estimate of drug-likeness (QED) is 0.310. The first-order valence-corrected chi connectivity index (χ1v) is 10.1. The van der Waals surface area contributed by atoms with E-state index < -0.39 is 24.4 Å². The molecule has 1 fully saturated rings. The Kier molecular flexibility index (Phi) is 13.3. The van der Waals surface area contributed by atoms with Gasteiger partial charge in [-0.15, -0.1) is 0 Å². The van der Waals surface area contributed by atoms with Gasteiger partial charge in [0.1, 0.15) is 24.4 Å². The molecule has 0 unspecified atom stereocenters. The number of allylic oxidation sites excluding steroid dienone is 2. The van der Waals surface area contributed by atoms with Crippen LogP contribution in [-0.4, -0.2) is 59.6 Å². The largest absolute Gasteiger partial charge is 0.394 e. The van der Waals surface area contributed by atoms with Crippen LogP contribution in [-0.2, 0) is 9.47 Å². The number of ether oxygens (including phenoxy) is 2. The molecule has 0 saturated carbocycles. The van der Waals surface area contributed by atoms with Gasteiger partial charge in [-0.3, -0.25) is 0 Å². The predicted octanol–water partition coefficient (Wildman–Crippen LogP) is 2.96. The third-order valence-electron chi connectivity index (χ3n) is 4.74. The van der Waals surface area contributed by atoms with E-state index in [2.05, 4.69) is 19.1 Å². The van der Waals surface area contributed by atoms with E-state index in [0.717, 1.165) is 19.3 Å². The summed E-state index contributed by atoms with van der Waals surface area (Å²) in [6, 6.07) is 0. The van der Waals surface area contributed by atoms with Crippen LogP contribution in [0.5, 0.6) is 0 Å². The van der Waals surface area contributed by atoms with Gasteiger partial charge in [-0.2, -0.15) is 0 Å². The second-order valence-electron chi connectivity index (χ2n) is 6.94. The lowest BCUT2D eigenvalue weighted by Crippen LogP contribution is -2.42. The third-order valence-corrected chi connectivity index (χ3v) is 4.74. The summed E-state index contributed by atoms with van der Waals surface area (Å²) in [6.45, 7) is 2.61. The molecule has 0 aromatic rings. The average molecular weight is 359 g/mol. The van der Waals surface area contributed by atoms with Gasteiger partial charge < -0.3 is 24.8 Å². The summed E-state index contributed by atoms with van der Waals surface area (Å²) in [5, 5.41) is 28.7. The van der Waals surface area contributed by atoms with Gasteiger partial charge in [0.25, 0.3) is 0 Å². The minimum absolute atomic E-state index is 0.0978. The fraction of sp³-hybridized carbons (Fsp3) is 0.900. The lowest BCUT2D eigenvalue weighted by atomic mass is 10.1. The summed E-state index contributed by atoms with van der Waals surface area (Å²) in [5.41, 5.74) is 0. The molecule has 1 rings (SSSR count). The molecule has 1 aliphatic rings. The van der Waals surface area contributed by atoms with Gasteiger partial charge in [0, 0.05) is 6.61 Å². The molecule has 4 atom stereocenters. The van der Waals surface area contributed by atoms with E-state index >= 15 is 0 Å². The number of rotatable bonds is 15. The van der Waals surface area contributed by atoms with Gasteiger partial charge in [-0.1, -0.05) is 57.6 Å². The molecule has 1 heterocycles. The molecule has 25 heavy (non-hydrogen) atoms. The van der Waals surface area contributed by atoms with E-state index in [4.69, 9.17) is 9.47 Å². The summed E-state index contributed by atoms with van der Waals surface area (Å²) < 4.78 is 10.9. The van der Waals surface area contributed by atoms with Crippen molar-refractivity contribution in [1.29, 1.82) is 0 Å². The lowest BCUT2D eigenvalue weighted by molar-refractivity contribution is -0.101. The molecule has 1 saturated heterocycles. The van der Waals surface area contributed by atoms with Crippen molar-refractivity contribution in [1.82, 2.24) is 0 Å². The average Bonchev–Trinajstić information content (AvgIpc) is 2.95. The number of hydrogen-bond donors (Lipinski definition) is 3. The van der Waals surface area contributed by atoms with Crippen molar-refractivity contribution in [2.75, 3.05) is 19.8 Å². The van der Waals surface area contributed by atoms with Crippen LogP contribution in [0.2, 0.25) is 0 Å². The lowest BCUT2D eigenvalue weighted by Gasteiger charge is -2.24. The van der Waals surface area contributed by atoms with Gasteiger partial charge >= 0.3 is 0 Å². The van der Waals surface area contributed by atoms with Crippen molar-refractivity contribution in [3.8, 4) is 0 Å². The van der Waals surface area contributed by atoms with E-state index in [1.807, 2.05) is 0 Å². The minimum Gasteiger partial charge on any atom is -0.394 e. The SMILES string of the molecule is CC/C=C/CCCCCCCCCCO[C@@H](CO)[C@@H]1OC[C@@H](O)[C@@H]1O. The Morgan fingerprint density at radius 1 is 1.00 bits per heavy atom. The first-order chi connectivity index (χ1) is 12.2. The maximum atomic E-state index is 9.79. The molecular formula is C20H38O5. The molecule has 0 aromatic carbocycles. The standard InChI is InChI=1S/C20H38O5/c1-2-3-4-5-6-7-8-9-10-11-12-13-14-24-18(15-21)20-19(23)17(22)16-25-20/h3-4,17-23H,2,5-16H2,1H3/b4-3+/t17-,18+,19+,20+/m1/s1. The Balaban J connectivity index is 1.91. The van der Waals surface area contributed by atoms with Crippen molar-refractivity contribution >= 4 is 0 Å². The summed E-state index contributed by atoms with van der Waals surface area (Å²) in [6.07, 6.45) is 13.6. The molecule has 0 radical (unpaired) electrons. The molecule has 3 N–H and O–H groups in total. The third kappa shape index (κ3) is 9.71. The monoisotopic (exact) mass is 358 g/mol. The van der Waals surface area contributed by atoms with Crippen molar-refractivity contribution in [2.45, 2.75) is 95.5 Å². The van der Waals surface area contributed by atoms with Crippen LogP contribution in [0.1, 0.15) is 71.1 Å². The van der Waals surface area contributed by atoms with Crippen LogP contribution in [0, 0.1) is 0 Å². The second-order valence-corrected chi connectivity index (χ2v) is 6.94. The zero-order chi connectivity index (χ0) is 18.3. The zero-order valence-electron chi connectivity index (χ0n) is 15.8. The molecule has 0 aromatic heterocycles. The Hall–Kier alpha value is -0.460. The van der Waals surface area contributed by atoms with Crippen LogP contribution < -0.4 is 0 Å². The highest BCUT2D eigenvalue weighted by molar-refractivity contribution is 4.88. The summed E-state index contributed by atoms with van der Waals surface area (Å²) in [7, 11) is 0. The maximum absolute atomic E-state index is 9.79. The van der Waals surface area contributed by atoms with Gasteiger partial charge in [-0.25, -0.2) is 0 Å². The van der Waals surface area contributed by atoms with Crippen LogP contribution in [0.25, 0.3) is 0 Å². The Morgan fingerprint density at radius 3 is 2.20 bits per heavy atom. The van der Waals surface area contributed by atoms with E-state index in [9.17, 15) is 15.3 Å². The summed E-state index contributed by atoms with van der Waals surface area (Å²) >= 11 is 0. The highest BCUT2D eigenvalue weighted by Gasteiger charge is 2.40. The highest BCUT2D eigenvalue weighted by Crippen LogP contribution is 2.20. The maximum Gasteiger partial charge on any atom is 0.114 e. The molecule has 0 bridgehead atoms. The Morgan fingerprint density at radius 2 is 1.64 bits per heavy atom. The van der Waals surface area contributed by atoms with Crippen LogP contribution in [0.15, 0.2) is 12.2 Å². The molecular weight excluding hydrogens is 320 g/mol. The van der Waals surface area contributed by atoms with Crippen molar-refractivity contribution < 1.29 is 24.8 Å². The van der Waals surface area contributed by atoms with Crippen molar-refractivity contribution in [3.05, 3.63) is 12.2 Å². The smallest absolute Gasteiger partial charge is 0.114 e. The van der Waals surface area contributed by atoms with Gasteiger partial charge in [0.15, 0.2) is 0 Å².